The number of ether oxygens (including phenoxy) is 1. The van der Waals surface area contributed by atoms with E-state index in [0.717, 1.165) is 25.0 Å². The number of halogens is 2. The second-order valence-corrected chi connectivity index (χ2v) is 5.99. The molecule has 1 fully saturated rings. The summed E-state index contributed by atoms with van der Waals surface area (Å²) in [5.41, 5.74) is 0.941. The van der Waals surface area contributed by atoms with Gasteiger partial charge in [0.1, 0.15) is 0 Å². The Kier molecular flexibility index (Phi) is 5.70. The van der Waals surface area contributed by atoms with E-state index in [0.29, 0.717) is 22.9 Å². The van der Waals surface area contributed by atoms with E-state index in [4.69, 9.17) is 27.9 Å². The number of amides is 1. The molecule has 2 atom stereocenters. The highest BCUT2D eigenvalue weighted by molar-refractivity contribution is 6.35. The van der Waals surface area contributed by atoms with Gasteiger partial charge in [-0.15, -0.1) is 0 Å². The maximum absolute atomic E-state index is 11.9. The molecule has 0 spiro atoms. The lowest BCUT2D eigenvalue weighted by atomic mass is 10.1. The van der Waals surface area contributed by atoms with Crippen molar-refractivity contribution in [2.75, 3.05) is 6.61 Å². The molecule has 1 aliphatic rings. The third-order valence-corrected chi connectivity index (χ3v) is 4.13. The third-order valence-electron chi connectivity index (χ3n) is 3.55. The van der Waals surface area contributed by atoms with Gasteiger partial charge in [0.2, 0.25) is 5.91 Å². The number of hydrogen-bond donors (Lipinski definition) is 1. The van der Waals surface area contributed by atoms with Gasteiger partial charge in [-0.25, -0.2) is 0 Å². The van der Waals surface area contributed by atoms with Gasteiger partial charge in [-0.2, -0.15) is 0 Å². The Morgan fingerprint density at radius 3 is 2.95 bits per heavy atom. The van der Waals surface area contributed by atoms with E-state index in [1.165, 1.54) is 0 Å². The molecule has 0 aliphatic carbocycles. The van der Waals surface area contributed by atoms with Crippen LogP contribution in [-0.2, 0) is 16.0 Å². The zero-order valence-electron chi connectivity index (χ0n) is 11.5. The summed E-state index contributed by atoms with van der Waals surface area (Å²) in [6.07, 6.45) is 3.27. The summed E-state index contributed by atoms with van der Waals surface area (Å²) in [5, 5.41) is 4.21. The second-order valence-electron chi connectivity index (χ2n) is 5.14. The molecule has 3 nitrogen and oxygen atoms in total. The number of rotatable bonds is 5. The van der Waals surface area contributed by atoms with E-state index in [1.807, 2.05) is 13.0 Å². The van der Waals surface area contributed by atoms with E-state index >= 15 is 0 Å². The Bertz CT molecular complexity index is 473. The quantitative estimate of drug-likeness (QED) is 0.901. The smallest absolute Gasteiger partial charge is 0.220 e. The molecule has 2 rings (SSSR count). The van der Waals surface area contributed by atoms with Crippen LogP contribution in [0.5, 0.6) is 0 Å². The number of benzene rings is 1. The van der Waals surface area contributed by atoms with Crippen molar-refractivity contribution in [3.8, 4) is 0 Å². The molecule has 1 aromatic carbocycles. The highest BCUT2D eigenvalue weighted by atomic mass is 35.5. The molecule has 1 heterocycles. The number of hydrogen-bond acceptors (Lipinski definition) is 2. The Morgan fingerprint density at radius 2 is 2.30 bits per heavy atom. The molecule has 1 N–H and O–H groups in total. The minimum absolute atomic E-state index is 0.0269. The first-order chi connectivity index (χ1) is 9.56. The third kappa shape index (κ3) is 4.37. The fourth-order valence-electron chi connectivity index (χ4n) is 2.39. The molecule has 0 aromatic heterocycles. The zero-order chi connectivity index (χ0) is 14.5. The zero-order valence-corrected chi connectivity index (χ0v) is 13.0. The van der Waals surface area contributed by atoms with Crippen molar-refractivity contribution >= 4 is 29.1 Å². The number of carbonyl (C=O) groups excluding carboxylic acids is 1. The molecule has 110 valence electrons. The van der Waals surface area contributed by atoms with Crippen LogP contribution in [-0.4, -0.2) is 24.7 Å². The van der Waals surface area contributed by atoms with Gasteiger partial charge in [0.05, 0.1) is 12.1 Å². The van der Waals surface area contributed by atoms with Crippen molar-refractivity contribution in [2.45, 2.75) is 44.8 Å². The minimum atomic E-state index is 0.0269. The summed E-state index contributed by atoms with van der Waals surface area (Å²) < 4.78 is 5.56. The van der Waals surface area contributed by atoms with Gasteiger partial charge in [0.15, 0.2) is 0 Å². The van der Waals surface area contributed by atoms with Crippen molar-refractivity contribution in [3.63, 3.8) is 0 Å². The summed E-state index contributed by atoms with van der Waals surface area (Å²) in [6, 6.07) is 5.41. The van der Waals surface area contributed by atoms with Gasteiger partial charge in [-0.1, -0.05) is 29.3 Å². The topological polar surface area (TPSA) is 38.3 Å². The molecular formula is C15H19Cl2NO2. The molecule has 1 amide bonds. The van der Waals surface area contributed by atoms with Gasteiger partial charge in [0, 0.05) is 23.1 Å². The molecule has 0 bridgehead atoms. The van der Waals surface area contributed by atoms with E-state index in [1.54, 1.807) is 12.1 Å². The molecule has 5 heteroatoms. The molecule has 0 radical (unpaired) electrons. The maximum atomic E-state index is 11.9. The normalized spacial score (nSPS) is 19.9. The van der Waals surface area contributed by atoms with E-state index in [9.17, 15) is 4.79 Å². The first-order valence-corrected chi connectivity index (χ1v) is 7.67. The Hall–Kier alpha value is -0.770. The van der Waals surface area contributed by atoms with E-state index in [2.05, 4.69) is 5.32 Å². The standard InChI is InChI=1S/C15H19Cl2NO2/c1-10(14-3-2-8-20-14)18-15(19)7-5-11-4-6-12(16)9-13(11)17/h4,6,9-10,14H,2-3,5,7-8H2,1H3,(H,18,19). The van der Waals surface area contributed by atoms with Crippen LogP contribution in [0.4, 0.5) is 0 Å². The lowest BCUT2D eigenvalue weighted by Crippen LogP contribution is -2.40. The molecule has 0 saturated carbocycles. The monoisotopic (exact) mass is 315 g/mol. The van der Waals surface area contributed by atoms with Crippen LogP contribution in [0.2, 0.25) is 10.0 Å². The highest BCUT2D eigenvalue weighted by Gasteiger charge is 2.23. The Labute approximate surface area is 129 Å². The maximum Gasteiger partial charge on any atom is 0.220 e. The summed E-state index contributed by atoms with van der Waals surface area (Å²) in [6.45, 7) is 2.79. The molecule has 1 aliphatic heterocycles. The first kappa shape index (κ1) is 15.6. The first-order valence-electron chi connectivity index (χ1n) is 6.91. The lowest BCUT2D eigenvalue weighted by molar-refractivity contribution is -0.122. The van der Waals surface area contributed by atoms with E-state index in [-0.39, 0.29) is 18.1 Å². The minimum Gasteiger partial charge on any atom is -0.376 e. The lowest BCUT2D eigenvalue weighted by Gasteiger charge is -2.20. The predicted molar refractivity (Wildman–Crippen MR) is 81.4 cm³/mol. The summed E-state index contributed by atoms with van der Waals surface area (Å²) >= 11 is 11.9. The van der Waals surface area contributed by atoms with Crippen molar-refractivity contribution in [2.24, 2.45) is 0 Å². The molecule has 20 heavy (non-hydrogen) atoms. The van der Waals surface area contributed by atoms with Gasteiger partial charge in [-0.3, -0.25) is 4.79 Å². The largest absolute Gasteiger partial charge is 0.376 e. The Morgan fingerprint density at radius 1 is 1.50 bits per heavy atom. The highest BCUT2D eigenvalue weighted by Crippen LogP contribution is 2.22. The van der Waals surface area contributed by atoms with Gasteiger partial charge < -0.3 is 10.1 Å². The van der Waals surface area contributed by atoms with Crippen LogP contribution in [0.1, 0.15) is 31.7 Å². The van der Waals surface area contributed by atoms with Crippen LogP contribution >= 0.6 is 23.2 Å². The number of aryl methyl sites for hydroxylation is 1. The van der Waals surface area contributed by atoms with Gasteiger partial charge in [0.25, 0.3) is 0 Å². The Balaban J connectivity index is 1.79. The fourth-order valence-corrected chi connectivity index (χ4v) is 2.89. The average molecular weight is 316 g/mol. The fraction of sp³-hybridized carbons (Fsp3) is 0.533. The molecule has 1 aromatic rings. The molecule has 1 saturated heterocycles. The summed E-state index contributed by atoms with van der Waals surface area (Å²) in [7, 11) is 0. The van der Waals surface area contributed by atoms with Crippen molar-refractivity contribution < 1.29 is 9.53 Å². The molecular weight excluding hydrogens is 297 g/mol. The molecule has 2 unspecified atom stereocenters. The van der Waals surface area contributed by atoms with Crippen LogP contribution < -0.4 is 5.32 Å². The number of carbonyl (C=O) groups is 1. The van der Waals surface area contributed by atoms with Crippen LogP contribution in [0.3, 0.4) is 0 Å². The van der Waals surface area contributed by atoms with Crippen LogP contribution in [0.25, 0.3) is 0 Å². The van der Waals surface area contributed by atoms with Crippen molar-refractivity contribution in [1.82, 2.24) is 5.32 Å². The van der Waals surface area contributed by atoms with Gasteiger partial charge in [-0.05, 0) is 43.9 Å². The predicted octanol–water partition coefficient (Wildman–Crippen LogP) is 3.61. The second kappa shape index (κ2) is 7.30. The number of nitrogens with one attached hydrogen (secondary N) is 1. The van der Waals surface area contributed by atoms with Crippen LogP contribution in [0, 0.1) is 0 Å². The van der Waals surface area contributed by atoms with E-state index < -0.39 is 0 Å². The average Bonchev–Trinajstić information content (AvgIpc) is 2.91. The van der Waals surface area contributed by atoms with Crippen molar-refractivity contribution in [3.05, 3.63) is 33.8 Å². The summed E-state index contributed by atoms with van der Waals surface area (Å²) in [5.74, 6) is 0.0269. The van der Waals surface area contributed by atoms with Gasteiger partial charge >= 0.3 is 0 Å². The van der Waals surface area contributed by atoms with Crippen molar-refractivity contribution in [1.29, 1.82) is 0 Å². The summed E-state index contributed by atoms with van der Waals surface area (Å²) in [4.78, 5) is 11.9. The van der Waals surface area contributed by atoms with Crippen LogP contribution in [0.15, 0.2) is 18.2 Å². The SMILES string of the molecule is CC(NC(=O)CCc1ccc(Cl)cc1Cl)C1CCCO1.